The molecule has 1 aromatic carbocycles. The van der Waals surface area contributed by atoms with Gasteiger partial charge in [0.25, 0.3) is 0 Å². The Bertz CT molecular complexity index is 337. The first-order valence-electron chi connectivity index (χ1n) is 8.20. The Hall–Kier alpha value is -0.860. The molecule has 0 aliphatic carbocycles. The first-order chi connectivity index (χ1) is 9.67. The molecule has 0 aliphatic rings. The monoisotopic (exact) mass is 276 g/mol. The number of nitrogens with two attached hydrogens (primary N) is 1. The lowest BCUT2D eigenvalue weighted by Gasteiger charge is -2.30. The maximum atomic E-state index is 6.34. The summed E-state index contributed by atoms with van der Waals surface area (Å²) in [5, 5.41) is 0. The molecule has 0 amide bonds. The van der Waals surface area contributed by atoms with Crippen LogP contribution in [0.3, 0.4) is 0 Å². The van der Waals surface area contributed by atoms with Crippen LogP contribution in [-0.4, -0.2) is 30.1 Å². The van der Waals surface area contributed by atoms with E-state index >= 15 is 0 Å². The van der Waals surface area contributed by atoms with Crippen molar-refractivity contribution in [1.29, 1.82) is 0 Å². The second-order valence-electron chi connectivity index (χ2n) is 5.89. The van der Waals surface area contributed by atoms with Gasteiger partial charge in [0, 0.05) is 18.6 Å². The fourth-order valence-corrected chi connectivity index (χ4v) is 2.50. The minimum atomic E-state index is 0.279. The first kappa shape index (κ1) is 17.2. The molecule has 0 radical (unpaired) electrons. The average Bonchev–Trinajstić information content (AvgIpc) is 2.49. The molecule has 20 heavy (non-hydrogen) atoms. The third kappa shape index (κ3) is 6.53. The van der Waals surface area contributed by atoms with Crippen LogP contribution in [0.25, 0.3) is 0 Å². The zero-order valence-electron chi connectivity index (χ0n) is 13.5. The molecule has 0 fully saturated rings. The number of hydrogen-bond acceptors (Lipinski definition) is 2. The van der Waals surface area contributed by atoms with Crippen LogP contribution in [0.15, 0.2) is 30.3 Å². The van der Waals surface area contributed by atoms with E-state index in [4.69, 9.17) is 5.73 Å². The summed E-state index contributed by atoms with van der Waals surface area (Å²) in [6.07, 6.45) is 5.89. The van der Waals surface area contributed by atoms with E-state index in [1.165, 1.54) is 31.4 Å². The molecule has 0 aromatic heterocycles. The summed E-state index contributed by atoms with van der Waals surface area (Å²) in [6, 6.07) is 11.6. The van der Waals surface area contributed by atoms with Crippen LogP contribution >= 0.6 is 0 Å². The van der Waals surface area contributed by atoms with E-state index in [0.717, 1.165) is 19.4 Å². The van der Waals surface area contributed by atoms with Crippen LogP contribution in [0.2, 0.25) is 0 Å². The van der Waals surface area contributed by atoms with Gasteiger partial charge in [-0.05, 0) is 44.7 Å². The van der Waals surface area contributed by atoms with E-state index in [9.17, 15) is 0 Å². The number of unbranched alkanes of at least 4 members (excludes halogenated alkanes) is 1. The van der Waals surface area contributed by atoms with Crippen molar-refractivity contribution < 1.29 is 0 Å². The van der Waals surface area contributed by atoms with Crippen LogP contribution < -0.4 is 5.73 Å². The molecule has 2 unspecified atom stereocenters. The van der Waals surface area contributed by atoms with Crippen LogP contribution in [0.5, 0.6) is 0 Å². The maximum Gasteiger partial charge on any atom is 0.0171 e. The highest BCUT2D eigenvalue weighted by Gasteiger charge is 2.15. The molecule has 0 aliphatic heterocycles. The van der Waals surface area contributed by atoms with Crippen LogP contribution in [-0.2, 0) is 6.42 Å². The summed E-state index contributed by atoms with van der Waals surface area (Å²) in [7, 11) is 0. The van der Waals surface area contributed by atoms with Crippen molar-refractivity contribution in [3.8, 4) is 0 Å². The molecular weight excluding hydrogens is 244 g/mol. The van der Waals surface area contributed by atoms with Gasteiger partial charge >= 0.3 is 0 Å². The second-order valence-corrected chi connectivity index (χ2v) is 5.89. The smallest absolute Gasteiger partial charge is 0.0171 e. The van der Waals surface area contributed by atoms with Gasteiger partial charge in [-0.1, -0.05) is 50.6 Å². The Morgan fingerprint density at radius 1 is 1.15 bits per heavy atom. The molecule has 2 atom stereocenters. The van der Waals surface area contributed by atoms with Gasteiger partial charge in [-0.25, -0.2) is 0 Å². The fourth-order valence-electron chi connectivity index (χ4n) is 2.50. The lowest BCUT2D eigenvalue weighted by Crippen LogP contribution is -2.42. The van der Waals surface area contributed by atoms with Crippen molar-refractivity contribution in [1.82, 2.24) is 4.90 Å². The number of aryl methyl sites for hydroxylation is 1. The predicted molar refractivity (Wildman–Crippen MR) is 89.0 cm³/mol. The summed E-state index contributed by atoms with van der Waals surface area (Å²) in [6.45, 7) is 9.05. The van der Waals surface area contributed by atoms with Gasteiger partial charge in [0.05, 0.1) is 0 Å². The van der Waals surface area contributed by atoms with E-state index in [1.54, 1.807) is 0 Å². The molecule has 0 spiro atoms. The lowest BCUT2D eigenvalue weighted by molar-refractivity contribution is 0.186. The van der Waals surface area contributed by atoms with Crippen molar-refractivity contribution in [3.63, 3.8) is 0 Å². The van der Waals surface area contributed by atoms with Crippen LogP contribution in [0, 0.1) is 0 Å². The van der Waals surface area contributed by atoms with Gasteiger partial charge < -0.3 is 5.73 Å². The first-order valence-corrected chi connectivity index (χ1v) is 8.20. The highest BCUT2D eigenvalue weighted by Crippen LogP contribution is 2.09. The van der Waals surface area contributed by atoms with Gasteiger partial charge in [0.15, 0.2) is 0 Å². The largest absolute Gasteiger partial charge is 0.327 e. The predicted octanol–water partition coefficient (Wildman–Crippen LogP) is 3.85. The van der Waals surface area contributed by atoms with E-state index in [2.05, 4.69) is 56.0 Å². The maximum absolute atomic E-state index is 6.34. The second kappa shape index (κ2) is 9.95. The molecule has 1 rings (SSSR count). The Morgan fingerprint density at radius 3 is 2.45 bits per heavy atom. The zero-order valence-corrected chi connectivity index (χ0v) is 13.5. The van der Waals surface area contributed by atoms with E-state index < -0.39 is 0 Å². The standard InChI is InChI=1S/C18H32N2/c1-4-6-14-20(16(3)5-2)15-18(19)13-12-17-10-8-7-9-11-17/h7-11,16,18H,4-6,12-15,19H2,1-3H3. The Morgan fingerprint density at radius 2 is 1.85 bits per heavy atom. The molecule has 0 heterocycles. The molecule has 114 valence electrons. The number of rotatable bonds is 10. The third-order valence-electron chi connectivity index (χ3n) is 4.13. The summed E-state index contributed by atoms with van der Waals surface area (Å²) < 4.78 is 0. The Balaban J connectivity index is 2.38. The summed E-state index contributed by atoms with van der Waals surface area (Å²) >= 11 is 0. The quantitative estimate of drug-likeness (QED) is 0.703. The fraction of sp³-hybridized carbons (Fsp3) is 0.667. The number of benzene rings is 1. The van der Waals surface area contributed by atoms with Crippen molar-refractivity contribution in [2.45, 2.75) is 65.0 Å². The minimum absolute atomic E-state index is 0.279. The van der Waals surface area contributed by atoms with Crippen molar-refractivity contribution in [3.05, 3.63) is 35.9 Å². The van der Waals surface area contributed by atoms with Crippen molar-refractivity contribution in [2.24, 2.45) is 5.73 Å². The van der Waals surface area contributed by atoms with Gasteiger partial charge in [-0.15, -0.1) is 0 Å². The minimum Gasteiger partial charge on any atom is -0.327 e. The molecule has 0 saturated carbocycles. The molecule has 0 bridgehead atoms. The van der Waals surface area contributed by atoms with Gasteiger partial charge in [-0.2, -0.15) is 0 Å². The van der Waals surface area contributed by atoms with E-state index in [1.807, 2.05) is 0 Å². The van der Waals surface area contributed by atoms with Crippen LogP contribution in [0.4, 0.5) is 0 Å². The van der Waals surface area contributed by atoms with E-state index in [-0.39, 0.29) is 6.04 Å². The zero-order chi connectivity index (χ0) is 14.8. The number of nitrogens with zero attached hydrogens (tertiary/aromatic N) is 1. The highest BCUT2D eigenvalue weighted by molar-refractivity contribution is 5.14. The molecule has 2 heteroatoms. The summed E-state index contributed by atoms with van der Waals surface area (Å²) in [5.74, 6) is 0. The molecule has 0 saturated heterocycles. The lowest BCUT2D eigenvalue weighted by atomic mass is 10.0. The third-order valence-corrected chi connectivity index (χ3v) is 4.13. The summed E-state index contributed by atoms with van der Waals surface area (Å²) in [4.78, 5) is 2.57. The molecule has 1 aromatic rings. The van der Waals surface area contributed by atoms with Crippen molar-refractivity contribution >= 4 is 0 Å². The molecule has 2 nitrogen and oxygen atoms in total. The average molecular weight is 276 g/mol. The molecular formula is C18H32N2. The highest BCUT2D eigenvalue weighted by atomic mass is 15.2. The van der Waals surface area contributed by atoms with Gasteiger partial charge in [0.2, 0.25) is 0 Å². The number of hydrogen-bond donors (Lipinski definition) is 1. The Labute approximate surface area is 125 Å². The normalized spacial score (nSPS) is 14.4. The van der Waals surface area contributed by atoms with Crippen molar-refractivity contribution in [2.75, 3.05) is 13.1 Å². The summed E-state index contributed by atoms with van der Waals surface area (Å²) in [5.41, 5.74) is 7.74. The van der Waals surface area contributed by atoms with Gasteiger partial charge in [0.1, 0.15) is 0 Å². The Kier molecular flexibility index (Phi) is 8.56. The van der Waals surface area contributed by atoms with E-state index in [0.29, 0.717) is 6.04 Å². The van der Waals surface area contributed by atoms with Crippen LogP contribution in [0.1, 0.15) is 52.0 Å². The van der Waals surface area contributed by atoms with Gasteiger partial charge in [-0.3, -0.25) is 4.90 Å². The molecule has 2 N–H and O–H groups in total. The topological polar surface area (TPSA) is 29.3 Å². The SMILES string of the molecule is CCCCN(CC(N)CCc1ccccc1)C(C)CC.